The lowest BCUT2D eigenvalue weighted by atomic mass is 9.99. The number of nitrogens with zero attached hydrogens (tertiary/aromatic N) is 3. The summed E-state index contributed by atoms with van der Waals surface area (Å²) in [6.07, 6.45) is -1.40. The van der Waals surface area contributed by atoms with E-state index in [0.29, 0.717) is 32.6 Å². The summed E-state index contributed by atoms with van der Waals surface area (Å²) >= 11 is 0. The fourth-order valence-electron chi connectivity index (χ4n) is 5.44. The lowest BCUT2D eigenvalue weighted by Crippen LogP contribution is -2.46. The van der Waals surface area contributed by atoms with Crippen LogP contribution in [0, 0.1) is 6.92 Å². The van der Waals surface area contributed by atoms with Crippen molar-refractivity contribution in [2.45, 2.75) is 58.7 Å². The Labute approximate surface area is 298 Å². The summed E-state index contributed by atoms with van der Waals surface area (Å²) in [7, 11) is 1.70. The Morgan fingerprint density at radius 1 is 0.961 bits per heavy atom. The Morgan fingerprint density at radius 2 is 1.63 bits per heavy atom. The Balaban J connectivity index is 0.000000908. The number of piperazine rings is 1. The first kappa shape index (κ1) is 40.8. The van der Waals surface area contributed by atoms with E-state index in [-0.39, 0.29) is 11.9 Å². The smallest absolute Gasteiger partial charge is 0.490 e. The number of carbonyl (C=O) groups is 2. The fourth-order valence-corrected chi connectivity index (χ4v) is 5.44. The largest absolute Gasteiger partial charge is 0.493 e. The molecular formula is C38H50F3N5O5. The normalized spacial score (nSPS) is 13.7. The molecule has 1 aliphatic heterocycles. The number of carboxylic acid groups (broad SMARTS) is 1. The molecule has 3 aromatic rings. The number of benzene rings is 3. The zero-order valence-corrected chi connectivity index (χ0v) is 29.7. The number of hydrogen-bond donors (Lipinski definition) is 3. The van der Waals surface area contributed by atoms with Gasteiger partial charge in [-0.05, 0) is 54.2 Å². The lowest BCUT2D eigenvalue weighted by Gasteiger charge is -2.36. The number of nitrogens with two attached hydrogens (primary N) is 1. The quantitative estimate of drug-likeness (QED) is 0.0966. The van der Waals surface area contributed by atoms with Crippen molar-refractivity contribution >= 4 is 23.5 Å². The molecule has 10 nitrogen and oxygen atoms in total. The van der Waals surface area contributed by atoms with Crippen LogP contribution in [-0.4, -0.2) is 87.1 Å². The van der Waals surface area contributed by atoms with Gasteiger partial charge in [0, 0.05) is 77.1 Å². The topological polar surface area (TPSA) is 130 Å². The number of rotatable bonds is 15. The molecule has 51 heavy (non-hydrogen) atoms. The highest BCUT2D eigenvalue weighted by Gasteiger charge is 2.38. The predicted octanol–water partition coefficient (Wildman–Crippen LogP) is 6.20. The Kier molecular flexibility index (Phi) is 16.7. The summed E-state index contributed by atoms with van der Waals surface area (Å²) in [5.41, 5.74) is 13.0. The van der Waals surface area contributed by atoms with Crippen LogP contribution in [-0.2, 0) is 27.3 Å². The Bertz CT molecular complexity index is 1560. The minimum atomic E-state index is -5.08. The number of aliphatic imine (C=N–C) groups is 1. The first-order chi connectivity index (χ1) is 24.4. The number of aryl methyl sites for hydroxylation is 2. The summed E-state index contributed by atoms with van der Waals surface area (Å²) in [6, 6.07) is 23.7. The number of aliphatic carboxylic acids is 1. The number of halogens is 3. The number of unbranched alkanes of at least 4 members (excludes halogenated alkanes) is 1. The standard InChI is InChI=1S/C36H49N5O3.C2HF3O2/c1-4-5-19-38-36(37)39-35(42)18-14-29-13-17-32(34(26-29)44-25-8-24-43-3)31-15-11-30(12-16-31)27-40-20-22-41(23-21-40)33-10-7-6-9-28(33)2;3-2(4,5)1(6)7/h6-7,9-13,15-17,26H,4-5,8,14,18-25,27H2,1-3H3,(H3,37,38,39,42);(H,6,7). The van der Waals surface area contributed by atoms with Gasteiger partial charge in [0.1, 0.15) is 5.75 Å². The lowest BCUT2D eigenvalue weighted by molar-refractivity contribution is -0.192. The molecule has 0 aliphatic carbocycles. The molecule has 0 unspecified atom stereocenters. The van der Waals surface area contributed by atoms with E-state index in [0.717, 1.165) is 74.4 Å². The van der Waals surface area contributed by atoms with E-state index in [9.17, 15) is 18.0 Å². The van der Waals surface area contributed by atoms with Gasteiger partial charge in [0.15, 0.2) is 5.96 Å². The Morgan fingerprint density at radius 3 is 2.25 bits per heavy atom. The van der Waals surface area contributed by atoms with Gasteiger partial charge in [0.25, 0.3) is 0 Å². The number of para-hydroxylation sites is 1. The van der Waals surface area contributed by atoms with Crippen molar-refractivity contribution in [3.8, 4) is 16.9 Å². The van der Waals surface area contributed by atoms with Crippen molar-refractivity contribution < 1.29 is 37.3 Å². The van der Waals surface area contributed by atoms with E-state index >= 15 is 0 Å². The van der Waals surface area contributed by atoms with Crippen molar-refractivity contribution in [2.75, 3.05) is 57.9 Å². The molecule has 1 saturated heterocycles. The molecule has 0 radical (unpaired) electrons. The third-order valence-electron chi connectivity index (χ3n) is 8.24. The van der Waals surface area contributed by atoms with Crippen LogP contribution in [0.5, 0.6) is 5.75 Å². The van der Waals surface area contributed by atoms with E-state index < -0.39 is 12.1 Å². The molecule has 1 heterocycles. The number of nitrogens with one attached hydrogen (secondary N) is 1. The molecule has 1 amide bonds. The summed E-state index contributed by atoms with van der Waals surface area (Å²) < 4.78 is 43.2. The molecule has 0 spiro atoms. The first-order valence-electron chi connectivity index (χ1n) is 17.2. The van der Waals surface area contributed by atoms with Gasteiger partial charge < -0.3 is 25.2 Å². The molecule has 1 fully saturated rings. The van der Waals surface area contributed by atoms with Crippen molar-refractivity contribution in [1.82, 2.24) is 10.2 Å². The monoisotopic (exact) mass is 713 g/mol. The van der Waals surface area contributed by atoms with Crippen molar-refractivity contribution in [1.29, 1.82) is 0 Å². The van der Waals surface area contributed by atoms with E-state index in [4.69, 9.17) is 25.1 Å². The second kappa shape index (κ2) is 20.9. The third-order valence-corrected chi connectivity index (χ3v) is 8.24. The third kappa shape index (κ3) is 14.3. The van der Waals surface area contributed by atoms with Gasteiger partial charge in [-0.15, -0.1) is 0 Å². The zero-order valence-electron chi connectivity index (χ0n) is 29.7. The van der Waals surface area contributed by atoms with E-state index in [1.165, 1.54) is 16.8 Å². The molecule has 0 aromatic heterocycles. The second-order valence-electron chi connectivity index (χ2n) is 12.2. The maximum atomic E-state index is 12.4. The number of methoxy groups -OCH3 is 1. The molecule has 3 aromatic carbocycles. The summed E-state index contributed by atoms with van der Waals surface area (Å²) in [5.74, 6) is -1.89. The minimum absolute atomic E-state index is 0.137. The van der Waals surface area contributed by atoms with Crippen LogP contribution in [0.1, 0.15) is 49.3 Å². The number of anilines is 1. The highest BCUT2D eigenvalue weighted by molar-refractivity contribution is 5.96. The van der Waals surface area contributed by atoms with Crippen molar-refractivity contribution in [3.63, 3.8) is 0 Å². The van der Waals surface area contributed by atoms with Gasteiger partial charge in [0.2, 0.25) is 5.91 Å². The number of carboxylic acids is 1. The van der Waals surface area contributed by atoms with Crippen LogP contribution in [0.15, 0.2) is 71.7 Å². The van der Waals surface area contributed by atoms with Crippen LogP contribution in [0.4, 0.5) is 18.9 Å². The molecule has 0 saturated carbocycles. The van der Waals surface area contributed by atoms with Crippen molar-refractivity contribution in [3.05, 3.63) is 83.4 Å². The summed E-state index contributed by atoms with van der Waals surface area (Å²) in [6.45, 7) is 11.2. The van der Waals surface area contributed by atoms with Crippen LogP contribution >= 0.6 is 0 Å². The van der Waals surface area contributed by atoms with Crippen LogP contribution in [0.3, 0.4) is 0 Å². The average Bonchev–Trinajstić information content (AvgIpc) is 3.10. The number of ether oxygens (including phenoxy) is 2. The minimum Gasteiger partial charge on any atom is -0.493 e. The first-order valence-corrected chi connectivity index (χ1v) is 17.2. The molecule has 278 valence electrons. The number of alkyl halides is 3. The molecular weight excluding hydrogens is 663 g/mol. The highest BCUT2D eigenvalue weighted by Crippen LogP contribution is 2.32. The second-order valence-corrected chi connectivity index (χ2v) is 12.2. The van der Waals surface area contributed by atoms with Gasteiger partial charge >= 0.3 is 12.1 Å². The zero-order chi connectivity index (χ0) is 37.2. The van der Waals surface area contributed by atoms with Gasteiger partial charge in [-0.3, -0.25) is 20.0 Å². The van der Waals surface area contributed by atoms with Gasteiger partial charge in [-0.25, -0.2) is 4.79 Å². The molecule has 4 rings (SSSR count). The van der Waals surface area contributed by atoms with E-state index in [2.05, 4.69) is 101 Å². The number of hydrogen-bond acceptors (Lipinski definition) is 7. The summed E-state index contributed by atoms with van der Waals surface area (Å²) in [5, 5.41) is 9.82. The molecule has 4 N–H and O–H groups in total. The van der Waals surface area contributed by atoms with Gasteiger partial charge in [0.05, 0.1) is 6.61 Å². The van der Waals surface area contributed by atoms with Crippen LogP contribution < -0.4 is 20.7 Å². The fraction of sp³-hybridized carbons (Fsp3) is 0.447. The molecule has 0 atom stereocenters. The summed E-state index contributed by atoms with van der Waals surface area (Å²) in [4.78, 5) is 30.5. The number of carbonyl (C=O) groups excluding carboxylic acids is 1. The van der Waals surface area contributed by atoms with E-state index in [1.807, 2.05) is 0 Å². The predicted molar refractivity (Wildman–Crippen MR) is 194 cm³/mol. The van der Waals surface area contributed by atoms with Gasteiger partial charge in [-0.2, -0.15) is 13.2 Å². The van der Waals surface area contributed by atoms with Gasteiger partial charge in [-0.1, -0.05) is 67.9 Å². The highest BCUT2D eigenvalue weighted by atomic mass is 19.4. The molecule has 13 heteroatoms. The number of amides is 1. The SMILES string of the molecule is CCCCN=C(N)NC(=O)CCc1ccc(-c2ccc(CN3CCN(c4ccccc4C)CC3)cc2)c(OCCCOC)c1.O=C(O)C(F)(F)F. The average molecular weight is 714 g/mol. The van der Waals surface area contributed by atoms with Crippen LogP contribution in [0.25, 0.3) is 11.1 Å². The Hall–Kier alpha value is -4.62. The number of guanidine groups is 1. The van der Waals surface area contributed by atoms with Crippen LogP contribution in [0.2, 0.25) is 0 Å². The maximum Gasteiger partial charge on any atom is 0.490 e. The van der Waals surface area contributed by atoms with E-state index in [1.54, 1.807) is 7.11 Å². The maximum absolute atomic E-state index is 12.4. The molecule has 0 bridgehead atoms. The molecule has 1 aliphatic rings. The van der Waals surface area contributed by atoms with Crippen molar-refractivity contribution in [2.24, 2.45) is 10.7 Å².